The number of nitro benzene ring substituents is 1. The Balaban J connectivity index is 1.90. The fourth-order valence-electron chi connectivity index (χ4n) is 3.43. The van der Waals surface area contributed by atoms with E-state index in [9.17, 15) is 24.8 Å². The van der Waals surface area contributed by atoms with Crippen LogP contribution >= 0.6 is 15.9 Å². The van der Waals surface area contributed by atoms with Crippen LogP contribution in [0.4, 0.5) is 11.5 Å². The van der Waals surface area contributed by atoms with Crippen LogP contribution in [0.2, 0.25) is 0 Å². The van der Waals surface area contributed by atoms with Gasteiger partial charge in [0.15, 0.2) is 0 Å². The first kappa shape index (κ1) is 20.4. The summed E-state index contributed by atoms with van der Waals surface area (Å²) >= 11 is 3.29. The number of halogens is 1. The highest BCUT2D eigenvalue weighted by atomic mass is 79.9. The molecule has 9 heteroatoms. The van der Waals surface area contributed by atoms with Gasteiger partial charge < -0.3 is 5.11 Å². The fraction of sp³-hybridized carbons (Fsp3) is 0.0455. The number of ketones is 1. The first-order chi connectivity index (χ1) is 14.9. The number of carbonyl (C=O) groups is 2. The maximum Gasteiger partial charge on any atom is 0.301 e. The molecule has 1 aromatic heterocycles. The Kier molecular flexibility index (Phi) is 5.35. The number of benzene rings is 2. The van der Waals surface area contributed by atoms with Crippen LogP contribution in [0, 0.1) is 10.1 Å². The summed E-state index contributed by atoms with van der Waals surface area (Å²) in [4.78, 5) is 41.8. The lowest BCUT2D eigenvalue weighted by Crippen LogP contribution is -2.30. The molecule has 1 aliphatic heterocycles. The minimum atomic E-state index is -0.912. The monoisotopic (exact) mass is 479 g/mol. The number of aliphatic hydroxyl groups is 1. The van der Waals surface area contributed by atoms with Crippen molar-refractivity contribution >= 4 is 44.9 Å². The predicted octanol–water partition coefficient (Wildman–Crippen LogP) is 4.38. The lowest BCUT2D eigenvalue weighted by molar-refractivity contribution is -0.384. The van der Waals surface area contributed by atoms with Crippen molar-refractivity contribution in [2.45, 2.75) is 6.04 Å². The summed E-state index contributed by atoms with van der Waals surface area (Å²) in [5.74, 6) is -1.86. The maximum absolute atomic E-state index is 13.0. The predicted molar refractivity (Wildman–Crippen MR) is 116 cm³/mol. The van der Waals surface area contributed by atoms with Crippen LogP contribution in [0.15, 0.2) is 83.0 Å². The number of aliphatic hydroxyl groups excluding tert-OH is 1. The number of Topliss-reactive ketones (excluding diaryl/α,β-unsaturated/α-hetero) is 1. The minimum Gasteiger partial charge on any atom is -0.507 e. The lowest BCUT2D eigenvalue weighted by atomic mass is 9.95. The zero-order valence-electron chi connectivity index (χ0n) is 15.8. The minimum absolute atomic E-state index is 0.116. The number of amides is 1. The molecule has 2 heterocycles. The molecule has 1 amide bonds. The van der Waals surface area contributed by atoms with Crippen molar-refractivity contribution < 1.29 is 19.6 Å². The van der Waals surface area contributed by atoms with Gasteiger partial charge in [0.25, 0.3) is 11.5 Å². The van der Waals surface area contributed by atoms with E-state index in [-0.39, 0.29) is 22.6 Å². The Hall–Kier alpha value is -3.85. The second-order valence-corrected chi connectivity index (χ2v) is 7.63. The van der Waals surface area contributed by atoms with Gasteiger partial charge in [-0.1, -0.05) is 30.3 Å². The summed E-state index contributed by atoms with van der Waals surface area (Å²) < 4.78 is 0.704. The smallest absolute Gasteiger partial charge is 0.301 e. The van der Waals surface area contributed by atoms with Gasteiger partial charge in [0.1, 0.15) is 11.6 Å². The molecule has 0 aliphatic carbocycles. The molecule has 1 aliphatic rings. The zero-order chi connectivity index (χ0) is 22.1. The average Bonchev–Trinajstić information content (AvgIpc) is 3.05. The maximum atomic E-state index is 13.0. The van der Waals surface area contributed by atoms with Gasteiger partial charge in [0.2, 0.25) is 0 Å². The normalized spacial score (nSPS) is 17.7. The summed E-state index contributed by atoms with van der Waals surface area (Å²) in [6.07, 6.45) is 1.51. The molecule has 2 aromatic carbocycles. The van der Waals surface area contributed by atoms with Gasteiger partial charge in [-0.05, 0) is 45.8 Å². The van der Waals surface area contributed by atoms with E-state index < -0.39 is 28.4 Å². The van der Waals surface area contributed by atoms with Crippen molar-refractivity contribution in [2.75, 3.05) is 4.90 Å². The van der Waals surface area contributed by atoms with Gasteiger partial charge in [0.05, 0.1) is 16.5 Å². The quantitative estimate of drug-likeness (QED) is 0.195. The van der Waals surface area contributed by atoms with Crippen LogP contribution < -0.4 is 4.90 Å². The van der Waals surface area contributed by atoms with Crippen molar-refractivity contribution in [2.24, 2.45) is 0 Å². The number of non-ortho nitro benzene ring substituents is 1. The zero-order valence-corrected chi connectivity index (χ0v) is 17.4. The van der Waals surface area contributed by atoms with E-state index in [2.05, 4.69) is 20.9 Å². The van der Waals surface area contributed by atoms with Gasteiger partial charge in [-0.3, -0.25) is 24.6 Å². The first-order valence-corrected chi connectivity index (χ1v) is 9.90. The molecular weight excluding hydrogens is 466 g/mol. The van der Waals surface area contributed by atoms with Crippen molar-refractivity contribution in [3.63, 3.8) is 0 Å². The molecule has 0 radical (unpaired) electrons. The second-order valence-electron chi connectivity index (χ2n) is 6.72. The van der Waals surface area contributed by atoms with Crippen LogP contribution in [-0.2, 0) is 9.59 Å². The SMILES string of the molecule is O=C1C(=O)N(c2ccc(Br)cn2)C(c2ccccc2)C1=C(O)c1ccc([N+](=O)[O-])cc1. The highest BCUT2D eigenvalue weighted by molar-refractivity contribution is 9.10. The number of carbonyl (C=O) groups excluding carboxylic acids is 2. The van der Waals surface area contributed by atoms with Gasteiger partial charge in [-0.25, -0.2) is 4.98 Å². The number of hydrogen-bond acceptors (Lipinski definition) is 6. The Labute approximate surface area is 184 Å². The Bertz CT molecular complexity index is 1210. The molecule has 1 unspecified atom stereocenters. The van der Waals surface area contributed by atoms with Gasteiger partial charge in [-0.2, -0.15) is 0 Å². The molecule has 1 N–H and O–H groups in total. The van der Waals surface area contributed by atoms with Crippen LogP contribution in [0.5, 0.6) is 0 Å². The van der Waals surface area contributed by atoms with Crippen molar-refractivity contribution in [3.8, 4) is 0 Å². The van der Waals surface area contributed by atoms with E-state index in [1.807, 2.05) is 0 Å². The largest absolute Gasteiger partial charge is 0.507 e. The molecule has 0 saturated carbocycles. The molecule has 1 atom stereocenters. The molecule has 154 valence electrons. The van der Waals surface area contributed by atoms with E-state index in [1.165, 1.54) is 35.4 Å². The van der Waals surface area contributed by atoms with Crippen LogP contribution in [0.3, 0.4) is 0 Å². The number of anilines is 1. The third-order valence-corrected chi connectivity index (χ3v) is 5.34. The number of aromatic nitrogens is 1. The van der Waals surface area contributed by atoms with Crippen molar-refractivity contribution in [1.29, 1.82) is 0 Å². The topological polar surface area (TPSA) is 114 Å². The molecular formula is C22H14BrN3O5. The van der Waals surface area contributed by atoms with Crippen molar-refractivity contribution in [1.82, 2.24) is 4.98 Å². The Morgan fingerprint density at radius 1 is 1.03 bits per heavy atom. The Morgan fingerprint density at radius 2 is 1.71 bits per heavy atom. The van der Waals surface area contributed by atoms with Crippen LogP contribution in [-0.4, -0.2) is 26.7 Å². The van der Waals surface area contributed by atoms with E-state index in [0.29, 0.717) is 10.0 Å². The Morgan fingerprint density at radius 3 is 2.29 bits per heavy atom. The molecule has 31 heavy (non-hydrogen) atoms. The average molecular weight is 480 g/mol. The number of rotatable bonds is 4. The summed E-state index contributed by atoms with van der Waals surface area (Å²) in [5.41, 5.74) is 0.522. The van der Waals surface area contributed by atoms with Crippen LogP contribution in [0.25, 0.3) is 5.76 Å². The van der Waals surface area contributed by atoms with Gasteiger partial charge in [-0.15, -0.1) is 0 Å². The number of nitro groups is 1. The van der Waals surface area contributed by atoms with E-state index in [0.717, 1.165) is 0 Å². The second kappa shape index (κ2) is 8.11. The molecule has 3 aromatic rings. The third kappa shape index (κ3) is 3.71. The lowest BCUT2D eigenvalue weighted by Gasteiger charge is -2.24. The highest BCUT2D eigenvalue weighted by Gasteiger charge is 2.47. The summed E-state index contributed by atoms with van der Waals surface area (Å²) in [5, 5.41) is 21.9. The summed E-state index contributed by atoms with van der Waals surface area (Å²) in [7, 11) is 0. The summed E-state index contributed by atoms with van der Waals surface area (Å²) in [6, 6.07) is 16.3. The molecule has 1 fully saturated rings. The molecule has 1 saturated heterocycles. The van der Waals surface area contributed by atoms with E-state index in [4.69, 9.17) is 0 Å². The van der Waals surface area contributed by atoms with Gasteiger partial charge in [0, 0.05) is 28.4 Å². The molecule has 4 rings (SSSR count). The standard InChI is InChI=1S/C22H14BrN3O5/c23-15-8-11-17(24-12-15)25-19(13-4-2-1-3-5-13)18(21(28)22(25)29)20(27)14-6-9-16(10-7-14)26(30)31/h1-12,19,27H. The fourth-order valence-corrected chi connectivity index (χ4v) is 3.66. The van der Waals surface area contributed by atoms with Gasteiger partial charge >= 0.3 is 5.91 Å². The van der Waals surface area contributed by atoms with Crippen LogP contribution in [0.1, 0.15) is 17.2 Å². The van der Waals surface area contributed by atoms with Crippen molar-refractivity contribution in [3.05, 3.63) is 104 Å². The number of hydrogen-bond donors (Lipinski definition) is 1. The third-order valence-electron chi connectivity index (χ3n) is 4.87. The van der Waals surface area contributed by atoms with E-state index in [1.54, 1.807) is 42.5 Å². The molecule has 0 spiro atoms. The highest BCUT2D eigenvalue weighted by Crippen LogP contribution is 2.41. The molecule has 0 bridgehead atoms. The molecule has 8 nitrogen and oxygen atoms in total. The first-order valence-electron chi connectivity index (χ1n) is 9.11. The number of pyridine rings is 1. The van der Waals surface area contributed by atoms with E-state index >= 15 is 0 Å². The number of nitrogens with zero attached hydrogens (tertiary/aromatic N) is 3. The summed E-state index contributed by atoms with van der Waals surface area (Å²) in [6.45, 7) is 0.